The highest BCUT2D eigenvalue weighted by atomic mass is 15.2. The maximum absolute atomic E-state index is 6.18. The summed E-state index contributed by atoms with van der Waals surface area (Å²) in [5.74, 6) is 0. The van der Waals surface area contributed by atoms with Crippen LogP contribution in [-0.2, 0) is 5.41 Å². The maximum Gasteiger partial charge on any atom is 0.0833 e. The molecule has 0 aliphatic heterocycles. The molecule has 0 spiro atoms. The third-order valence-corrected chi connectivity index (χ3v) is 3.02. The lowest BCUT2D eigenvalue weighted by Gasteiger charge is -2.25. The lowest BCUT2D eigenvalue weighted by Crippen LogP contribution is -2.28. The standard InChI is InChI=1S/C14H24N2/c1-10-7-8-11(14(2,3)4)9-12(10)13(15)16(5)6/h7-9,13H,15H2,1-6H3. The monoisotopic (exact) mass is 220 g/mol. The molecular weight excluding hydrogens is 196 g/mol. The Balaban J connectivity index is 3.19. The molecule has 1 atom stereocenters. The van der Waals surface area contributed by atoms with E-state index in [2.05, 4.69) is 45.9 Å². The molecule has 0 radical (unpaired) electrons. The SMILES string of the molecule is Cc1ccc(C(C)(C)C)cc1C(N)N(C)C. The summed E-state index contributed by atoms with van der Waals surface area (Å²) in [7, 11) is 4.02. The average molecular weight is 220 g/mol. The van der Waals surface area contributed by atoms with Gasteiger partial charge < -0.3 is 5.73 Å². The summed E-state index contributed by atoms with van der Waals surface area (Å²) in [5, 5.41) is 0. The van der Waals surface area contributed by atoms with Crippen molar-refractivity contribution in [2.75, 3.05) is 14.1 Å². The molecule has 0 aliphatic rings. The molecule has 0 saturated heterocycles. The van der Waals surface area contributed by atoms with E-state index in [0.717, 1.165) is 0 Å². The molecule has 1 unspecified atom stereocenters. The Morgan fingerprint density at radius 2 is 1.75 bits per heavy atom. The van der Waals surface area contributed by atoms with Crippen molar-refractivity contribution in [1.29, 1.82) is 0 Å². The van der Waals surface area contributed by atoms with Crippen molar-refractivity contribution in [2.24, 2.45) is 5.73 Å². The number of hydrogen-bond acceptors (Lipinski definition) is 2. The lowest BCUT2D eigenvalue weighted by atomic mass is 9.85. The zero-order valence-corrected chi connectivity index (χ0v) is 11.3. The Hall–Kier alpha value is -0.860. The highest BCUT2D eigenvalue weighted by Gasteiger charge is 2.17. The van der Waals surface area contributed by atoms with Crippen LogP contribution in [-0.4, -0.2) is 19.0 Å². The molecule has 0 amide bonds. The van der Waals surface area contributed by atoms with Gasteiger partial charge in [-0.15, -0.1) is 0 Å². The molecule has 2 heteroatoms. The molecule has 2 nitrogen and oxygen atoms in total. The fraction of sp³-hybridized carbons (Fsp3) is 0.571. The highest BCUT2D eigenvalue weighted by molar-refractivity contribution is 5.36. The van der Waals surface area contributed by atoms with E-state index in [1.165, 1.54) is 16.7 Å². The smallest absolute Gasteiger partial charge is 0.0833 e. The van der Waals surface area contributed by atoms with Gasteiger partial charge >= 0.3 is 0 Å². The van der Waals surface area contributed by atoms with Crippen LogP contribution >= 0.6 is 0 Å². The second-order valence-electron chi connectivity index (χ2n) is 5.73. The van der Waals surface area contributed by atoms with Crippen LogP contribution in [0.5, 0.6) is 0 Å². The first kappa shape index (κ1) is 13.2. The number of hydrogen-bond donors (Lipinski definition) is 1. The van der Waals surface area contributed by atoms with Crippen LogP contribution in [0, 0.1) is 6.92 Å². The molecule has 0 bridgehead atoms. The lowest BCUT2D eigenvalue weighted by molar-refractivity contribution is 0.306. The summed E-state index contributed by atoms with van der Waals surface area (Å²) in [5.41, 5.74) is 10.2. The molecule has 0 fully saturated rings. The third kappa shape index (κ3) is 2.83. The fourth-order valence-electron chi connectivity index (χ4n) is 1.70. The molecule has 0 saturated carbocycles. The maximum atomic E-state index is 6.18. The molecule has 1 rings (SSSR count). The van der Waals surface area contributed by atoms with Crippen molar-refractivity contribution in [1.82, 2.24) is 4.90 Å². The molecule has 0 aliphatic carbocycles. The van der Waals surface area contributed by atoms with E-state index < -0.39 is 0 Å². The summed E-state index contributed by atoms with van der Waals surface area (Å²) in [6.07, 6.45) is -0.0256. The van der Waals surface area contributed by atoms with Crippen LogP contribution in [0.1, 0.15) is 43.6 Å². The van der Waals surface area contributed by atoms with Crippen LogP contribution in [0.15, 0.2) is 18.2 Å². The van der Waals surface area contributed by atoms with E-state index in [1.54, 1.807) is 0 Å². The Morgan fingerprint density at radius 3 is 2.19 bits per heavy atom. The largest absolute Gasteiger partial charge is 0.312 e. The van der Waals surface area contributed by atoms with Crippen LogP contribution in [0.4, 0.5) is 0 Å². The molecular formula is C14H24N2. The van der Waals surface area contributed by atoms with Gasteiger partial charge in [0.1, 0.15) is 0 Å². The zero-order chi connectivity index (χ0) is 12.5. The van der Waals surface area contributed by atoms with E-state index in [0.29, 0.717) is 0 Å². The summed E-state index contributed by atoms with van der Waals surface area (Å²) in [6, 6.07) is 6.60. The number of nitrogens with zero attached hydrogens (tertiary/aromatic N) is 1. The Kier molecular flexibility index (Phi) is 3.76. The van der Waals surface area contributed by atoms with Crippen molar-refractivity contribution >= 4 is 0 Å². The minimum Gasteiger partial charge on any atom is -0.312 e. The molecule has 90 valence electrons. The number of nitrogens with two attached hydrogens (primary N) is 1. The minimum absolute atomic E-state index is 0.0256. The predicted octanol–water partition coefficient (Wildman–Crippen LogP) is 2.81. The predicted molar refractivity (Wildman–Crippen MR) is 70.5 cm³/mol. The van der Waals surface area contributed by atoms with Crippen LogP contribution in [0.2, 0.25) is 0 Å². The first-order valence-corrected chi connectivity index (χ1v) is 5.76. The summed E-state index contributed by atoms with van der Waals surface area (Å²) in [6.45, 7) is 8.79. The number of aryl methyl sites for hydroxylation is 1. The fourth-order valence-corrected chi connectivity index (χ4v) is 1.70. The zero-order valence-electron chi connectivity index (χ0n) is 11.3. The van der Waals surface area contributed by atoms with Gasteiger partial charge in [-0.05, 0) is 43.1 Å². The normalized spacial score (nSPS) is 14.2. The molecule has 0 aromatic heterocycles. The van der Waals surface area contributed by atoms with Gasteiger partial charge in [-0.1, -0.05) is 39.0 Å². The van der Waals surface area contributed by atoms with Gasteiger partial charge in [0.15, 0.2) is 0 Å². The summed E-state index contributed by atoms with van der Waals surface area (Å²) in [4.78, 5) is 2.04. The molecule has 0 heterocycles. The average Bonchev–Trinajstić information content (AvgIpc) is 2.15. The van der Waals surface area contributed by atoms with Crippen molar-refractivity contribution in [3.63, 3.8) is 0 Å². The Labute approximate surface area is 99.5 Å². The first-order valence-electron chi connectivity index (χ1n) is 5.76. The second-order valence-corrected chi connectivity index (χ2v) is 5.73. The molecule has 16 heavy (non-hydrogen) atoms. The van der Waals surface area contributed by atoms with E-state index in [9.17, 15) is 0 Å². The molecule has 1 aromatic rings. The Bertz CT molecular complexity index is 361. The minimum atomic E-state index is -0.0256. The highest BCUT2D eigenvalue weighted by Crippen LogP contribution is 2.27. The van der Waals surface area contributed by atoms with Crippen molar-refractivity contribution in [3.05, 3.63) is 34.9 Å². The van der Waals surface area contributed by atoms with Gasteiger partial charge in [-0.3, -0.25) is 4.90 Å². The van der Waals surface area contributed by atoms with Crippen LogP contribution in [0.25, 0.3) is 0 Å². The van der Waals surface area contributed by atoms with Crippen molar-refractivity contribution in [2.45, 2.75) is 39.3 Å². The van der Waals surface area contributed by atoms with Gasteiger partial charge in [0.2, 0.25) is 0 Å². The van der Waals surface area contributed by atoms with Gasteiger partial charge in [-0.2, -0.15) is 0 Å². The van der Waals surface area contributed by atoms with Crippen molar-refractivity contribution < 1.29 is 0 Å². The first-order chi connectivity index (χ1) is 7.23. The van der Waals surface area contributed by atoms with Gasteiger partial charge in [0, 0.05) is 0 Å². The van der Waals surface area contributed by atoms with Gasteiger partial charge in [0.25, 0.3) is 0 Å². The van der Waals surface area contributed by atoms with E-state index >= 15 is 0 Å². The topological polar surface area (TPSA) is 29.3 Å². The second kappa shape index (κ2) is 4.56. The quantitative estimate of drug-likeness (QED) is 0.777. The Morgan fingerprint density at radius 1 is 1.19 bits per heavy atom. The molecule has 2 N–H and O–H groups in total. The van der Waals surface area contributed by atoms with Crippen molar-refractivity contribution in [3.8, 4) is 0 Å². The molecule has 1 aromatic carbocycles. The summed E-state index contributed by atoms with van der Waals surface area (Å²) < 4.78 is 0. The van der Waals surface area contributed by atoms with E-state index in [-0.39, 0.29) is 11.6 Å². The third-order valence-electron chi connectivity index (χ3n) is 3.02. The van der Waals surface area contributed by atoms with Gasteiger partial charge in [0.05, 0.1) is 6.17 Å². The number of rotatable bonds is 2. The van der Waals surface area contributed by atoms with E-state index in [1.807, 2.05) is 19.0 Å². The van der Waals surface area contributed by atoms with E-state index in [4.69, 9.17) is 5.73 Å². The summed E-state index contributed by atoms with van der Waals surface area (Å²) >= 11 is 0. The van der Waals surface area contributed by atoms with Gasteiger partial charge in [-0.25, -0.2) is 0 Å². The number of benzene rings is 1. The van der Waals surface area contributed by atoms with Crippen LogP contribution < -0.4 is 5.73 Å². The van der Waals surface area contributed by atoms with Crippen LogP contribution in [0.3, 0.4) is 0 Å².